The quantitative estimate of drug-likeness (QED) is 0.846. The second-order valence-corrected chi connectivity index (χ2v) is 5.89. The molecule has 2 rings (SSSR count). The number of hydrogen-bond donors (Lipinski definition) is 2. The zero-order chi connectivity index (χ0) is 25.0. The lowest BCUT2D eigenvalue weighted by Gasteiger charge is -2.08. The topological polar surface area (TPSA) is 65.2 Å². The second-order valence-electron chi connectivity index (χ2n) is 3.97. The van der Waals surface area contributed by atoms with Crippen LogP contribution >= 0.6 is 0 Å². The third-order valence-corrected chi connectivity index (χ3v) is 3.85. The number of rotatable bonds is 6. The minimum absolute atomic E-state index is 0.212. The van der Waals surface area contributed by atoms with Crippen LogP contribution in [0.1, 0.15) is 27.6 Å². The number of nitrogens with zero attached hydrogens (tertiary/aromatic N) is 1. The first-order valence-corrected chi connectivity index (χ1v) is 7.21. The Morgan fingerprint density at radius 3 is 3.00 bits per heavy atom. The van der Waals surface area contributed by atoms with E-state index in [1.807, 2.05) is 4.72 Å². The molecule has 1 aromatic carbocycles. The fourth-order valence-corrected chi connectivity index (χ4v) is 2.26. The van der Waals surface area contributed by atoms with Gasteiger partial charge in [0.2, 0.25) is 10.0 Å². The number of aromatic amines is 1. The lowest BCUT2D eigenvalue weighted by Crippen LogP contribution is -2.20. The Hall–Kier alpha value is -1.37. The van der Waals surface area contributed by atoms with Crippen LogP contribution in [-0.2, 0) is 22.2 Å². The van der Waals surface area contributed by atoms with E-state index in [2.05, 4.69) is 4.98 Å². The van der Waals surface area contributed by atoms with E-state index < -0.39 is 66.9 Å². The number of aryl methyl sites for hydroxylation is 1. The molecule has 0 bridgehead atoms. The van der Waals surface area contributed by atoms with E-state index in [1.54, 1.807) is 0 Å². The minimum Gasteiger partial charge on any atom is -0.361 e. The third-order valence-electron chi connectivity index (χ3n) is 2.56. The van der Waals surface area contributed by atoms with Crippen LogP contribution in [0.25, 0.3) is 10.9 Å². The number of fused-ring (bicyclic) bond motifs is 1. The van der Waals surface area contributed by atoms with Gasteiger partial charge in [0.15, 0.2) is 0 Å². The van der Waals surface area contributed by atoms with Gasteiger partial charge in [-0.3, -0.25) is 0 Å². The number of hydrogen-bond acceptors (Lipinski definition) is 3. The van der Waals surface area contributed by atoms with Crippen molar-refractivity contribution in [1.82, 2.24) is 14.6 Å². The molecular weight excluding hydrogens is 274 g/mol. The average molecular weight is 307 g/mol. The van der Waals surface area contributed by atoms with Crippen molar-refractivity contribution in [2.75, 3.05) is 27.5 Å². The van der Waals surface area contributed by atoms with E-state index in [0.717, 1.165) is 7.05 Å². The Balaban J connectivity index is 2.77. The van der Waals surface area contributed by atoms with E-state index >= 15 is 0 Å². The predicted molar refractivity (Wildman–Crippen MR) is 82.2 cm³/mol. The summed E-state index contributed by atoms with van der Waals surface area (Å²) >= 11 is 0. The van der Waals surface area contributed by atoms with Gasteiger partial charge in [-0.15, -0.1) is 0 Å². The number of benzene rings is 1. The van der Waals surface area contributed by atoms with E-state index in [-0.39, 0.29) is 26.9 Å². The Labute approximate surface area is 136 Å². The van der Waals surface area contributed by atoms with Crippen LogP contribution in [0.4, 0.5) is 0 Å². The Kier molecular flexibility index (Phi) is 1.72. The predicted octanol–water partition coefficient (Wildman–Crippen LogP) is 1.32. The molecule has 6 heteroatoms. The van der Waals surface area contributed by atoms with Crippen LogP contribution in [0.3, 0.4) is 0 Å². The van der Waals surface area contributed by atoms with E-state index in [4.69, 9.17) is 16.4 Å². The van der Waals surface area contributed by atoms with Crippen molar-refractivity contribution in [2.45, 2.75) is 12.2 Å². The smallest absolute Gasteiger partial charge is 0.215 e. The molecule has 1 heterocycles. The molecule has 0 spiro atoms. The molecule has 0 saturated heterocycles. The van der Waals surface area contributed by atoms with Crippen molar-refractivity contribution < 1.29 is 24.9 Å². The fourth-order valence-electron chi connectivity index (χ4n) is 1.59. The first kappa shape index (κ1) is 5.79. The molecule has 0 fully saturated rings. The number of aromatic nitrogens is 1. The summed E-state index contributed by atoms with van der Waals surface area (Å²) in [5.74, 6) is -0.829. The SMILES string of the molecule is [2H]c1[nH]c2c([2H])c([2H])c(CS(=O)(=O)NC)c([2H])c2c1CC([2H])([2H])N(C([2H])([2H])[2H])C([2H])([2H])[2H]. The van der Waals surface area contributed by atoms with Gasteiger partial charge in [-0.2, -0.15) is 0 Å². The van der Waals surface area contributed by atoms with Gasteiger partial charge in [0.1, 0.15) is 0 Å². The molecule has 110 valence electrons. The van der Waals surface area contributed by atoms with Crippen molar-refractivity contribution in [1.29, 1.82) is 0 Å². The minimum atomic E-state index is -3.96. The molecule has 0 aliphatic heterocycles. The van der Waals surface area contributed by atoms with Crippen molar-refractivity contribution >= 4 is 20.9 Å². The van der Waals surface area contributed by atoms with Gasteiger partial charge in [-0.1, -0.05) is 6.04 Å². The van der Waals surface area contributed by atoms with Crippen molar-refractivity contribution in [3.05, 3.63) is 35.4 Å². The summed E-state index contributed by atoms with van der Waals surface area (Å²) in [6, 6.07) is -1.68. The van der Waals surface area contributed by atoms with Gasteiger partial charge < -0.3 is 9.88 Å². The Bertz CT molecular complexity index is 1120. The third kappa shape index (κ3) is 3.59. The van der Waals surface area contributed by atoms with Crippen LogP contribution in [0, 0.1) is 0 Å². The first-order valence-electron chi connectivity index (χ1n) is 11.6. The molecule has 1 aromatic heterocycles. The van der Waals surface area contributed by atoms with Crippen molar-refractivity contribution in [3.63, 3.8) is 0 Å². The highest BCUT2D eigenvalue weighted by Crippen LogP contribution is 2.21. The fraction of sp³-hybridized carbons (Fsp3) is 0.429. The molecule has 0 aliphatic rings. The first-order chi connectivity index (χ1) is 14.2. The molecule has 0 amide bonds. The average Bonchev–Trinajstić information content (AvgIpc) is 2.90. The van der Waals surface area contributed by atoms with Gasteiger partial charge in [0.05, 0.1) is 11.2 Å². The number of nitrogens with one attached hydrogen (secondary N) is 2. The molecule has 0 aliphatic carbocycles. The van der Waals surface area contributed by atoms with E-state index in [1.165, 1.54) is 0 Å². The highest BCUT2D eigenvalue weighted by molar-refractivity contribution is 7.88. The molecule has 0 unspecified atom stereocenters. The van der Waals surface area contributed by atoms with E-state index in [0.29, 0.717) is 0 Å². The normalized spacial score (nSPS) is 23.1. The molecule has 0 atom stereocenters. The maximum atomic E-state index is 12.0. The summed E-state index contributed by atoms with van der Waals surface area (Å²) in [6.45, 7) is -9.78. The molecule has 20 heavy (non-hydrogen) atoms. The second kappa shape index (κ2) is 5.95. The van der Waals surface area contributed by atoms with Gasteiger partial charge in [0, 0.05) is 34.5 Å². The highest BCUT2D eigenvalue weighted by atomic mass is 32.2. The van der Waals surface area contributed by atoms with Crippen molar-refractivity contribution in [3.8, 4) is 0 Å². The summed E-state index contributed by atoms with van der Waals surface area (Å²) in [6.07, 6.45) is -1.49. The Morgan fingerprint density at radius 2 is 2.30 bits per heavy atom. The lowest BCUT2D eigenvalue weighted by atomic mass is 10.1. The molecule has 2 N–H and O–H groups in total. The van der Waals surface area contributed by atoms with Crippen LogP contribution < -0.4 is 4.72 Å². The number of sulfonamides is 1. The summed E-state index contributed by atoms with van der Waals surface area (Å²) < 4.78 is 120. The summed E-state index contributed by atoms with van der Waals surface area (Å²) in [5, 5.41) is -0.253. The molecule has 0 saturated carbocycles. The number of likely N-dealkylation sites (N-methyl/N-ethyl adjacent to an activating group) is 1. The zero-order valence-corrected chi connectivity index (χ0v) is 11.4. The maximum absolute atomic E-state index is 12.0. The van der Waals surface area contributed by atoms with Crippen LogP contribution in [0.2, 0.25) is 0 Å². The summed E-state index contributed by atoms with van der Waals surface area (Å²) in [5.41, 5.74) is -0.901. The van der Waals surface area contributed by atoms with Crippen molar-refractivity contribution in [2.24, 2.45) is 0 Å². The zero-order valence-electron chi connectivity index (χ0n) is 22.6. The van der Waals surface area contributed by atoms with Gasteiger partial charge in [0.25, 0.3) is 0 Å². The molecular formula is C14H21N3O2S. The van der Waals surface area contributed by atoms with Gasteiger partial charge in [-0.05, 0) is 50.6 Å². The monoisotopic (exact) mass is 307 g/mol. The van der Waals surface area contributed by atoms with Crippen LogP contribution in [-0.4, -0.2) is 45.8 Å². The van der Waals surface area contributed by atoms with E-state index in [9.17, 15) is 8.42 Å². The largest absolute Gasteiger partial charge is 0.361 e. The maximum Gasteiger partial charge on any atom is 0.215 e. The Morgan fingerprint density at radius 1 is 1.50 bits per heavy atom. The lowest BCUT2D eigenvalue weighted by molar-refractivity contribution is 0.414. The highest BCUT2D eigenvalue weighted by Gasteiger charge is 2.11. The molecule has 2 aromatic rings. The summed E-state index contributed by atoms with van der Waals surface area (Å²) in [7, 11) is -2.83. The van der Waals surface area contributed by atoms with Gasteiger partial charge in [-0.25, -0.2) is 13.1 Å². The van der Waals surface area contributed by atoms with Crippen LogP contribution in [0.15, 0.2) is 24.3 Å². The standard InChI is InChI=1S/C14H21N3O2S/c1-15-20(18,19)10-11-4-5-14-13(8-11)12(9-16-14)6-7-17(2)3/h4-5,8-9,15-16H,6-7,10H2,1-3H3/i2D3,3D3,4D,5D,7D2,8D,9D. The molecule has 0 radical (unpaired) electrons. The van der Waals surface area contributed by atoms with Gasteiger partial charge >= 0.3 is 0 Å². The van der Waals surface area contributed by atoms with Crippen LogP contribution in [0.5, 0.6) is 0 Å². The number of H-pyrrole nitrogens is 1. The summed E-state index contributed by atoms with van der Waals surface area (Å²) in [4.78, 5) is 2.14. The molecule has 5 nitrogen and oxygen atoms in total.